The van der Waals surface area contributed by atoms with Gasteiger partial charge in [-0.25, -0.2) is 9.88 Å². The monoisotopic (exact) mass is 531 g/mol. The second-order valence-electron chi connectivity index (χ2n) is 9.19. The summed E-state index contributed by atoms with van der Waals surface area (Å²) in [7, 11) is 0. The number of imide groups is 1. The number of aryl methyl sites for hydroxylation is 1. The number of carbonyl (C=O) groups excluding carboxylic acids is 3. The van der Waals surface area contributed by atoms with Gasteiger partial charge >= 0.3 is 0 Å². The van der Waals surface area contributed by atoms with E-state index in [4.69, 9.17) is 16.6 Å². The Kier molecular flexibility index (Phi) is 7.09. The molecule has 8 heteroatoms. The molecule has 1 fully saturated rings. The number of thiazole rings is 1. The van der Waals surface area contributed by atoms with Crippen LogP contribution in [0.1, 0.15) is 37.3 Å². The van der Waals surface area contributed by atoms with E-state index in [0.717, 1.165) is 26.4 Å². The number of nitrogens with zero attached hydrogens (tertiary/aromatic N) is 3. The van der Waals surface area contributed by atoms with E-state index in [0.29, 0.717) is 23.6 Å². The minimum atomic E-state index is -0.866. The van der Waals surface area contributed by atoms with Crippen molar-refractivity contribution in [1.82, 2.24) is 9.88 Å². The van der Waals surface area contributed by atoms with Crippen molar-refractivity contribution in [2.45, 2.75) is 45.7 Å². The number of carbonyl (C=O) groups is 3. The second-order valence-corrected chi connectivity index (χ2v) is 10.6. The zero-order valence-electron chi connectivity index (χ0n) is 20.6. The molecule has 0 bridgehead atoms. The van der Waals surface area contributed by atoms with E-state index in [2.05, 4.69) is 13.0 Å². The molecule has 0 spiro atoms. The molecule has 0 N–H and O–H groups in total. The van der Waals surface area contributed by atoms with Gasteiger partial charge in [0.25, 0.3) is 5.91 Å². The molecule has 1 atom stereocenters. The van der Waals surface area contributed by atoms with Crippen molar-refractivity contribution in [2.24, 2.45) is 0 Å². The van der Waals surface area contributed by atoms with Gasteiger partial charge in [-0.2, -0.15) is 0 Å². The molecule has 3 aromatic carbocycles. The van der Waals surface area contributed by atoms with E-state index in [1.165, 1.54) is 15.4 Å². The third-order valence-corrected chi connectivity index (χ3v) is 7.93. The molecule has 1 aromatic heterocycles. The predicted molar refractivity (Wildman–Crippen MR) is 148 cm³/mol. The molecule has 3 amide bonds. The Balaban J connectivity index is 1.40. The Labute approximate surface area is 224 Å². The largest absolute Gasteiger partial charge is 0.326 e. The van der Waals surface area contributed by atoms with Crippen LogP contribution in [-0.2, 0) is 20.9 Å². The number of amides is 3. The molecule has 6 nitrogen and oxygen atoms in total. The highest BCUT2D eigenvalue weighted by Gasteiger charge is 2.44. The third-order valence-electron chi connectivity index (χ3n) is 6.50. The highest BCUT2D eigenvalue weighted by atomic mass is 35.5. The van der Waals surface area contributed by atoms with E-state index in [-0.39, 0.29) is 24.8 Å². The molecule has 0 saturated carbocycles. The van der Waals surface area contributed by atoms with Crippen molar-refractivity contribution in [3.8, 4) is 10.6 Å². The minimum Gasteiger partial charge on any atom is -0.326 e. The summed E-state index contributed by atoms with van der Waals surface area (Å²) < 4.78 is 1.11. The Morgan fingerprint density at radius 2 is 1.86 bits per heavy atom. The maximum Gasteiger partial charge on any atom is 0.257 e. The van der Waals surface area contributed by atoms with Crippen LogP contribution in [0.15, 0.2) is 66.7 Å². The molecule has 1 aliphatic rings. The summed E-state index contributed by atoms with van der Waals surface area (Å²) in [5, 5.41) is 1.39. The quantitative estimate of drug-likeness (QED) is 0.259. The molecule has 1 unspecified atom stereocenters. The van der Waals surface area contributed by atoms with Gasteiger partial charge in [-0.3, -0.25) is 14.4 Å². The lowest BCUT2D eigenvalue weighted by Crippen LogP contribution is -2.45. The van der Waals surface area contributed by atoms with Crippen molar-refractivity contribution < 1.29 is 14.4 Å². The molecule has 2 heterocycles. The van der Waals surface area contributed by atoms with E-state index >= 15 is 0 Å². The van der Waals surface area contributed by atoms with E-state index in [1.54, 1.807) is 29.5 Å². The van der Waals surface area contributed by atoms with Crippen molar-refractivity contribution in [3.63, 3.8) is 0 Å². The van der Waals surface area contributed by atoms with Crippen molar-refractivity contribution in [3.05, 3.63) is 82.9 Å². The summed E-state index contributed by atoms with van der Waals surface area (Å²) >= 11 is 7.95. The van der Waals surface area contributed by atoms with Crippen molar-refractivity contribution in [2.75, 3.05) is 4.90 Å². The molecule has 4 aromatic rings. The van der Waals surface area contributed by atoms with E-state index in [9.17, 15) is 14.4 Å². The van der Waals surface area contributed by atoms with Gasteiger partial charge in [0.2, 0.25) is 11.8 Å². The third kappa shape index (κ3) is 5.02. The smallest absolute Gasteiger partial charge is 0.257 e. The topological polar surface area (TPSA) is 70.6 Å². The molecule has 1 saturated heterocycles. The van der Waals surface area contributed by atoms with Gasteiger partial charge in [-0.05, 0) is 66.9 Å². The number of rotatable bonds is 7. The molecule has 37 heavy (non-hydrogen) atoms. The first-order valence-electron chi connectivity index (χ1n) is 12.2. The Hall–Kier alpha value is -3.55. The van der Waals surface area contributed by atoms with Crippen LogP contribution in [-0.4, -0.2) is 33.6 Å². The van der Waals surface area contributed by atoms with Crippen LogP contribution < -0.4 is 4.90 Å². The summed E-state index contributed by atoms with van der Waals surface area (Å²) in [6.07, 6.45) is 0.875. The molecule has 188 valence electrons. The van der Waals surface area contributed by atoms with Crippen LogP contribution >= 0.6 is 22.9 Å². The average molecular weight is 532 g/mol. The first-order valence-corrected chi connectivity index (χ1v) is 13.4. The fraction of sp³-hybridized carbons (Fsp3) is 0.241. The van der Waals surface area contributed by atoms with Gasteiger partial charge in [0, 0.05) is 23.6 Å². The van der Waals surface area contributed by atoms with Crippen molar-refractivity contribution in [1.29, 1.82) is 0 Å². The first kappa shape index (κ1) is 25.1. The van der Waals surface area contributed by atoms with E-state index in [1.807, 2.05) is 49.4 Å². The summed E-state index contributed by atoms with van der Waals surface area (Å²) in [5.74, 6) is -0.895. The van der Waals surface area contributed by atoms with E-state index < -0.39 is 11.9 Å². The average Bonchev–Trinajstić information content (AvgIpc) is 3.43. The van der Waals surface area contributed by atoms with Gasteiger partial charge in [0.05, 0.1) is 22.3 Å². The van der Waals surface area contributed by atoms with Gasteiger partial charge in [-0.1, -0.05) is 42.8 Å². The van der Waals surface area contributed by atoms with Crippen LogP contribution in [0, 0.1) is 6.92 Å². The fourth-order valence-electron chi connectivity index (χ4n) is 4.58. The molecule has 1 aliphatic heterocycles. The summed E-state index contributed by atoms with van der Waals surface area (Å²) in [6, 6.07) is 19.8. The highest BCUT2D eigenvalue weighted by Crippen LogP contribution is 2.33. The maximum absolute atomic E-state index is 13.5. The Morgan fingerprint density at radius 1 is 1.11 bits per heavy atom. The Bertz CT molecular complexity index is 1500. The van der Waals surface area contributed by atoms with Crippen LogP contribution in [0.2, 0.25) is 5.02 Å². The maximum atomic E-state index is 13.5. The zero-order chi connectivity index (χ0) is 26.1. The molecule has 0 radical (unpaired) electrons. The number of aromatic nitrogens is 1. The molecule has 0 aliphatic carbocycles. The molecular weight excluding hydrogens is 506 g/mol. The van der Waals surface area contributed by atoms with Gasteiger partial charge < -0.3 is 4.90 Å². The number of halogens is 1. The van der Waals surface area contributed by atoms with Gasteiger partial charge in [0.1, 0.15) is 11.0 Å². The summed E-state index contributed by atoms with van der Waals surface area (Å²) in [5.41, 5.74) is 4.26. The number of benzene rings is 3. The number of anilines is 1. The first-order chi connectivity index (χ1) is 17.9. The summed E-state index contributed by atoms with van der Waals surface area (Å²) in [6.45, 7) is 4.13. The number of hydrogen-bond donors (Lipinski definition) is 0. The lowest BCUT2D eigenvalue weighted by Gasteiger charge is -2.28. The van der Waals surface area contributed by atoms with Crippen molar-refractivity contribution >= 4 is 56.6 Å². The van der Waals surface area contributed by atoms with Crippen LogP contribution in [0.3, 0.4) is 0 Å². The normalized spacial score (nSPS) is 15.5. The number of fused-ring (bicyclic) bond motifs is 1. The minimum absolute atomic E-state index is 0.0578. The zero-order valence-corrected chi connectivity index (χ0v) is 22.2. The second kappa shape index (κ2) is 10.4. The molecular formula is C29H26ClN3O3S. The predicted octanol–water partition coefficient (Wildman–Crippen LogP) is 6.39. The SMILES string of the molecule is CCCC(=O)N(Cc1ccccc1Cl)C1CC(=O)N(c2ccc(-c3nc4ccc(C)cc4s3)cc2)C1=O. The van der Waals surface area contributed by atoms with Crippen LogP contribution in [0.25, 0.3) is 20.8 Å². The standard InChI is InChI=1S/C29H26ClN3O3S/c1-3-6-26(34)32(17-20-7-4-5-8-22(20)30)24-16-27(35)33(29(24)36)21-12-10-19(11-13-21)28-31-23-14-9-18(2)15-25(23)37-28/h4-5,7-15,24H,3,6,16-17H2,1-2H3. The van der Waals surface area contributed by atoms with Crippen LogP contribution in [0.5, 0.6) is 0 Å². The fourth-order valence-corrected chi connectivity index (χ4v) is 5.84. The molecule has 5 rings (SSSR count). The number of hydrogen-bond acceptors (Lipinski definition) is 5. The van der Waals surface area contributed by atoms with Gasteiger partial charge in [0.15, 0.2) is 0 Å². The van der Waals surface area contributed by atoms with Crippen LogP contribution in [0.4, 0.5) is 5.69 Å². The highest BCUT2D eigenvalue weighted by molar-refractivity contribution is 7.21. The van der Waals surface area contributed by atoms with Gasteiger partial charge in [-0.15, -0.1) is 11.3 Å². The Morgan fingerprint density at radius 3 is 2.59 bits per heavy atom. The lowest BCUT2D eigenvalue weighted by atomic mass is 10.1. The lowest BCUT2D eigenvalue weighted by molar-refractivity contribution is -0.139. The summed E-state index contributed by atoms with van der Waals surface area (Å²) in [4.78, 5) is 47.0.